The van der Waals surface area contributed by atoms with Gasteiger partial charge in [-0.3, -0.25) is 5.32 Å². The SMILES string of the molecule is O=C=NNC(=O)NC(=O)NN=C=O. The number of urea groups is 2. The fourth-order valence-corrected chi connectivity index (χ4v) is 0.306. The second kappa shape index (κ2) is 6.23. The molecule has 0 radical (unpaired) electrons. The van der Waals surface area contributed by atoms with Crippen molar-refractivity contribution >= 4 is 24.2 Å². The van der Waals surface area contributed by atoms with Crippen LogP contribution in [-0.2, 0) is 9.59 Å². The van der Waals surface area contributed by atoms with Crippen molar-refractivity contribution in [3.63, 3.8) is 0 Å². The number of carbonyl (C=O) groups is 2. The first kappa shape index (κ1) is 10.5. The lowest BCUT2D eigenvalue weighted by Crippen LogP contribution is -2.41. The zero-order chi connectivity index (χ0) is 10.1. The standard InChI is InChI=1S/C4H3N5O4/c10-1-5-8-3(12)7-4(13)9-6-2-11/h(H3,7,8,9,12,13). The monoisotopic (exact) mass is 185 g/mol. The van der Waals surface area contributed by atoms with Gasteiger partial charge in [-0.2, -0.15) is 0 Å². The summed E-state index contributed by atoms with van der Waals surface area (Å²) in [5.74, 6) is 0. The number of rotatable bonds is 2. The van der Waals surface area contributed by atoms with Gasteiger partial charge in [-0.1, -0.05) is 10.2 Å². The fraction of sp³-hybridized carbons (Fsp3) is 0. The number of amides is 4. The maximum Gasteiger partial charge on any atom is 0.343 e. The first-order valence-corrected chi connectivity index (χ1v) is 2.71. The Morgan fingerprint density at radius 2 is 1.31 bits per heavy atom. The molecule has 0 aromatic carbocycles. The molecule has 0 aromatic heterocycles. The summed E-state index contributed by atoms with van der Waals surface area (Å²) in [6, 6.07) is -2.14. The molecule has 9 nitrogen and oxygen atoms in total. The highest BCUT2D eigenvalue weighted by Gasteiger charge is 2.04. The van der Waals surface area contributed by atoms with Gasteiger partial charge in [0.15, 0.2) is 0 Å². The lowest BCUT2D eigenvalue weighted by atomic mass is 10.9. The lowest BCUT2D eigenvalue weighted by molar-refractivity contribution is 0.227. The van der Waals surface area contributed by atoms with Gasteiger partial charge in [0.25, 0.3) is 12.2 Å². The number of nitrogens with one attached hydrogen (secondary N) is 3. The van der Waals surface area contributed by atoms with Gasteiger partial charge < -0.3 is 0 Å². The highest BCUT2D eigenvalue weighted by molar-refractivity contribution is 5.93. The van der Waals surface area contributed by atoms with E-state index in [2.05, 4.69) is 10.2 Å². The molecule has 0 heterocycles. The number of carbonyl (C=O) groups excluding carboxylic acids is 4. The van der Waals surface area contributed by atoms with Gasteiger partial charge in [0.05, 0.1) is 0 Å². The summed E-state index contributed by atoms with van der Waals surface area (Å²) in [5.41, 5.74) is 3.18. The van der Waals surface area contributed by atoms with E-state index in [0.717, 1.165) is 12.2 Å². The van der Waals surface area contributed by atoms with Crippen molar-refractivity contribution in [3.8, 4) is 0 Å². The number of hydrogen-bond acceptors (Lipinski definition) is 6. The summed E-state index contributed by atoms with van der Waals surface area (Å²) in [6.45, 7) is 0. The fourth-order valence-electron chi connectivity index (χ4n) is 0.306. The van der Waals surface area contributed by atoms with Crippen molar-refractivity contribution in [2.45, 2.75) is 0 Å². The summed E-state index contributed by atoms with van der Waals surface area (Å²) in [6.07, 6.45) is 2.00. The Balaban J connectivity index is 3.84. The molecule has 0 aliphatic rings. The molecule has 4 amide bonds. The highest BCUT2D eigenvalue weighted by atomic mass is 16.2. The summed E-state index contributed by atoms with van der Waals surface area (Å²) in [5, 5.41) is 6.90. The lowest BCUT2D eigenvalue weighted by Gasteiger charge is -1.98. The number of isocyanates is 2. The summed E-state index contributed by atoms with van der Waals surface area (Å²) >= 11 is 0. The predicted molar refractivity (Wildman–Crippen MR) is 36.4 cm³/mol. The Hall–Kier alpha value is -2.50. The molecule has 0 spiro atoms. The maximum absolute atomic E-state index is 10.5. The third-order valence-corrected chi connectivity index (χ3v) is 0.633. The van der Waals surface area contributed by atoms with E-state index in [0.29, 0.717) is 0 Å². The van der Waals surface area contributed by atoms with Crippen LogP contribution in [-0.4, -0.2) is 24.2 Å². The van der Waals surface area contributed by atoms with Crippen LogP contribution in [0.2, 0.25) is 0 Å². The van der Waals surface area contributed by atoms with E-state index in [1.807, 2.05) is 0 Å². The summed E-state index contributed by atoms with van der Waals surface area (Å²) in [4.78, 5) is 39.9. The van der Waals surface area contributed by atoms with E-state index in [9.17, 15) is 19.2 Å². The number of hydrazone groups is 2. The third kappa shape index (κ3) is 5.92. The average molecular weight is 185 g/mol. The average Bonchev–Trinajstić information content (AvgIpc) is 2.11. The molecule has 0 rings (SSSR count). The van der Waals surface area contributed by atoms with Crippen LogP contribution in [0.25, 0.3) is 0 Å². The van der Waals surface area contributed by atoms with Crippen LogP contribution < -0.4 is 16.2 Å². The van der Waals surface area contributed by atoms with E-state index in [1.54, 1.807) is 16.2 Å². The minimum Gasteiger partial charge on any atom is -0.257 e. The van der Waals surface area contributed by atoms with Crippen LogP contribution in [0.1, 0.15) is 0 Å². The molecule has 13 heavy (non-hydrogen) atoms. The molecule has 0 aliphatic heterocycles. The number of nitrogens with zero attached hydrogens (tertiary/aromatic N) is 2. The first-order chi connectivity index (χ1) is 6.20. The molecule has 0 atom stereocenters. The minimum atomic E-state index is -1.07. The summed E-state index contributed by atoms with van der Waals surface area (Å²) < 4.78 is 0. The Kier molecular flexibility index (Phi) is 5.03. The number of hydrogen-bond donors (Lipinski definition) is 3. The van der Waals surface area contributed by atoms with Gasteiger partial charge in [0.2, 0.25) is 0 Å². The van der Waals surface area contributed by atoms with Gasteiger partial charge in [-0.25, -0.2) is 30.0 Å². The minimum absolute atomic E-state index is 1.00. The van der Waals surface area contributed by atoms with E-state index < -0.39 is 12.1 Å². The van der Waals surface area contributed by atoms with Crippen molar-refractivity contribution in [1.29, 1.82) is 0 Å². The smallest absolute Gasteiger partial charge is 0.257 e. The van der Waals surface area contributed by atoms with Gasteiger partial charge >= 0.3 is 12.1 Å². The first-order valence-electron chi connectivity index (χ1n) is 2.71. The molecule has 3 N–H and O–H groups in total. The molecule has 0 aromatic rings. The second-order valence-corrected chi connectivity index (χ2v) is 1.41. The molecular weight excluding hydrogens is 182 g/mol. The van der Waals surface area contributed by atoms with Crippen LogP contribution in [0.4, 0.5) is 9.59 Å². The molecule has 0 saturated carbocycles. The van der Waals surface area contributed by atoms with Gasteiger partial charge in [0.1, 0.15) is 0 Å². The van der Waals surface area contributed by atoms with E-state index in [1.165, 1.54) is 0 Å². The quantitative estimate of drug-likeness (QED) is 0.274. The Bertz CT molecular complexity index is 270. The zero-order valence-electron chi connectivity index (χ0n) is 6.03. The van der Waals surface area contributed by atoms with Crippen LogP contribution in [0.3, 0.4) is 0 Å². The zero-order valence-corrected chi connectivity index (χ0v) is 6.03. The molecule has 0 fully saturated rings. The van der Waals surface area contributed by atoms with Crippen LogP contribution in [0.15, 0.2) is 10.2 Å². The van der Waals surface area contributed by atoms with Crippen molar-refractivity contribution in [1.82, 2.24) is 16.2 Å². The molecular formula is C4H3N5O4. The molecule has 9 heteroatoms. The van der Waals surface area contributed by atoms with E-state index in [4.69, 9.17) is 0 Å². The van der Waals surface area contributed by atoms with Gasteiger partial charge in [-0.05, 0) is 0 Å². The van der Waals surface area contributed by atoms with Crippen LogP contribution in [0, 0.1) is 0 Å². The number of imide groups is 1. The topological polar surface area (TPSA) is 129 Å². The highest BCUT2D eigenvalue weighted by Crippen LogP contribution is 1.66. The molecule has 0 saturated heterocycles. The Morgan fingerprint density at radius 3 is 1.62 bits per heavy atom. The summed E-state index contributed by atoms with van der Waals surface area (Å²) in [7, 11) is 0. The molecule has 0 aliphatic carbocycles. The van der Waals surface area contributed by atoms with Crippen molar-refractivity contribution in [3.05, 3.63) is 0 Å². The Labute approximate surface area is 70.9 Å². The second-order valence-electron chi connectivity index (χ2n) is 1.41. The normalized spacial score (nSPS) is 7.08. The third-order valence-electron chi connectivity index (χ3n) is 0.633. The molecule has 0 unspecified atom stereocenters. The van der Waals surface area contributed by atoms with E-state index in [-0.39, 0.29) is 0 Å². The van der Waals surface area contributed by atoms with Crippen LogP contribution >= 0.6 is 0 Å². The molecule has 0 bridgehead atoms. The van der Waals surface area contributed by atoms with Gasteiger partial charge in [-0.15, -0.1) is 0 Å². The van der Waals surface area contributed by atoms with Gasteiger partial charge in [0, 0.05) is 0 Å². The predicted octanol–water partition coefficient (Wildman–Crippen LogP) is -1.50. The largest absolute Gasteiger partial charge is 0.343 e. The van der Waals surface area contributed by atoms with Crippen LogP contribution in [0.5, 0.6) is 0 Å². The Morgan fingerprint density at radius 1 is 0.923 bits per heavy atom. The van der Waals surface area contributed by atoms with Crippen molar-refractivity contribution in [2.24, 2.45) is 10.2 Å². The van der Waals surface area contributed by atoms with E-state index >= 15 is 0 Å². The van der Waals surface area contributed by atoms with Crippen molar-refractivity contribution < 1.29 is 19.2 Å². The molecule has 68 valence electrons. The maximum atomic E-state index is 10.5. The van der Waals surface area contributed by atoms with Crippen molar-refractivity contribution in [2.75, 3.05) is 0 Å².